The third-order valence-electron chi connectivity index (χ3n) is 0.288. The second-order valence-electron chi connectivity index (χ2n) is 1.23. The Morgan fingerprint density at radius 2 is 1.07 bits per heavy atom. The van der Waals surface area contributed by atoms with Gasteiger partial charge in [0.1, 0.15) is 0 Å². The Labute approximate surface area is 73.5 Å². The molecule has 0 saturated carbocycles. The van der Waals surface area contributed by atoms with Crippen LogP contribution in [0.4, 0.5) is 16.8 Å². The summed E-state index contributed by atoms with van der Waals surface area (Å²) in [6.45, 7) is 0. The highest BCUT2D eigenvalue weighted by molar-refractivity contribution is 7.51. The molecule has 0 fully saturated rings. The lowest BCUT2D eigenvalue weighted by Crippen LogP contribution is -1.42. The summed E-state index contributed by atoms with van der Waals surface area (Å²) in [5, 5.41) is 0. The highest BCUT2D eigenvalue weighted by Crippen LogP contribution is 2.51. The second kappa shape index (κ2) is 6.28. The van der Waals surface area contributed by atoms with Gasteiger partial charge in [-0.15, -0.1) is 16.8 Å². The SMILES string of the molecule is [N-]=[N+]=NP(=O)(F)F.[N-]=[N+]=NP(=O)(F)F. The second-order valence-corrected chi connectivity index (χ2v) is 3.32. The molecule has 0 aliphatic rings. The standard InChI is InChI=1S/2F2N3OP/c2*1-7(2,6)5-4-3. The number of azide groups is 2. The molecule has 0 saturated heterocycles. The van der Waals surface area contributed by atoms with Crippen LogP contribution in [0.3, 0.4) is 0 Å². The average Bonchev–Trinajstić information content (AvgIpc) is 1.81. The molecule has 8 nitrogen and oxygen atoms in total. The zero-order chi connectivity index (χ0) is 11.8. The zero-order valence-electron chi connectivity index (χ0n) is 5.91. The van der Waals surface area contributed by atoms with Gasteiger partial charge in [-0.2, -0.15) is 0 Å². The molecule has 0 heterocycles. The summed E-state index contributed by atoms with van der Waals surface area (Å²) in [6.07, 6.45) is 0. The normalized spacial score (nSPS) is 10.0. The van der Waals surface area contributed by atoms with Gasteiger partial charge in [-0.1, -0.05) is 0 Å². The lowest BCUT2D eigenvalue weighted by molar-refractivity contribution is 0.494. The van der Waals surface area contributed by atoms with E-state index in [4.69, 9.17) is 20.2 Å². The first-order valence-corrected chi connectivity index (χ1v) is 5.12. The topological polar surface area (TPSA) is 132 Å². The Kier molecular flexibility index (Phi) is 6.86. The van der Waals surface area contributed by atoms with Gasteiger partial charge in [0.2, 0.25) is 0 Å². The molecule has 0 radical (unpaired) electrons. The van der Waals surface area contributed by atoms with E-state index in [1.165, 1.54) is 0 Å². The van der Waals surface area contributed by atoms with Crippen LogP contribution in [0.15, 0.2) is 9.77 Å². The minimum atomic E-state index is -5.46. The molecule has 0 aromatic carbocycles. The predicted molar refractivity (Wildman–Crippen MR) is 37.9 cm³/mol. The summed E-state index contributed by atoms with van der Waals surface area (Å²) in [6, 6.07) is 0. The Morgan fingerprint density at radius 1 is 0.857 bits per heavy atom. The summed E-state index contributed by atoms with van der Waals surface area (Å²) in [7, 11) is -10.9. The summed E-state index contributed by atoms with van der Waals surface area (Å²) in [5.74, 6) is 0. The lowest BCUT2D eigenvalue weighted by atomic mass is 13.0. The molecule has 0 amide bonds. The van der Waals surface area contributed by atoms with Crippen LogP contribution < -0.4 is 0 Å². The van der Waals surface area contributed by atoms with E-state index < -0.39 is 15.8 Å². The molecule has 0 aliphatic carbocycles. The van der Waals surface area contributed by atoms with Crippen molar-refractivity contribution in [3.05, 3.63) is 20.9 Å². The summed E-state index contributed by atoms with van der Waals surface area (Å²) >= 11 is 0. The van der Waals surface area contributed by atoms with E-state index in [0.717, 1.165) is 0 Å². The summed E-state index contributed by atoms with van der Waals surface area (Å²) in [5.41, 5.74) is 14.4. The smallest absolute Gasteiger partial charge is 0.242 e. The fourth-order valence-electron chi connectivity index (χ4n) is 0.0931. The molecule has 0 rings (SSSR count). The maximum absolute atomic E-state index is 10.9. The molecule has 0 aromatic heterocycles. The van der Waals surface area contributed by atoms with Crippen molar-refractivity contribution in [1.29, 1.82) is 0 Å². The molecule has 14 heteroatoms. The molecule has 0 unspecified atom stereocenters. The van der Waals surface area contributed by atoms with Gasteiger partial charge < -0.3 is 0 Å². The number of hydrogen-bond acceptors (Lipinski definition) is 2. The predicted octanol–water partition coefficient (Wildman–Crippen LogP) is 4.69. The maximum Gasteiger partial charge on any atom is 0.493 e. The van der Waals surface area contributed by atoms with Gasteiger partial charge in [0, 0.05) is 19.6 Å². The van der Waals surface area contributed by atoms with E-state index in [-0.39, 0.29) is 0 Å². The number of nitrogens with zero attached hydrogens (tertiary/aromatic N) is 6. The minimum absolute atomic E-state index is 1.62. The molecular formula is F4N6O2P2. The third kappa shape index (κ3) is 22.4. The van der Waals surface area contributed by atoms with E-state index in [1.807, 2.05) is 0 Å². The average molecular weight is 254 g/mol. The number of halogens is 4. The summed E-state index contributed by atoms with van der Waals surface area (Å²) < 4.78 is 61.6. The third-order valence-corrected chi connectivity index (χ3v) is 0.865. The molecule has 14 heavy (non-hydrogen) atoms. The van der Waals surface area contributed by atoms with Crippen LogP contribution in [0.25, 0.3) is 20.9 Å². The van der Waals surface area contributed by atoms with Gasteiger partial charge in [-0.05, 0) is 11.1 Å². The van der Waals surface area contributed by atoms with E-state index >= 15 is 0 Å². The van der Waals surface area contributed by atoms with Crippen molar-refractivity contribution in [2.24, 2.45) is 9.77 Å². The number of rotatable bonds is 2. The molecule has 80 valence electrons. The quantitative estimate of drug-likeness (QED) is 0.232. The summed E-state index contributed by atoms with van der Waals surface area (Å²) in [4.78, 5) is 6.56. The highest BCUT2D eigenvalue weighted by Gasteiger charge is 2.14. The Balaban J connectivity index is 0. The van der Waals surface area contributed by atoms with Crippen LogP contribution >= 0.6 is 15.8 Å². The van der Waals surface area contributed by atoms with Crippen molar-refractivity contribution in [1.82, 2.24) is 0 Å². The molecule has 0 spiro atoms. The Hall–Kier alpha value is -1.20. The minimum Gasteiger partial charge on any atom is -0.242 e. The van der Waals surface area contributed by atoms with Gasteiger partial charge in [-0.3, -0.25) is 0 Å². The molecule has 0 aliphatic heterocycles. The number of hydrogen-bond donors (Lipinski definition) is 0. The monoisotopic (exact) mass is 254 g/mol. The van der Waals surface area contributed by atoms with Crippen molar-refractivity contribution in [3.63, 3.8) is 0 Å². The lowest BCUT2D eigenvalue weighted by Gasteiger charge is -1.76. The van der Waals surface area contributed by atoms with E-state index in [2.05, 4.69) is 0 Å². The van der Waals surface area contributed by atoms with Gasteiger partial charge >= 0.3 is 15.8 Å². The van der Waals surface area contributed by atoms with Crippen molar-refractivity contribution in [2.45, 2.75) is 0 Å². The van der Waals surface area contributed by atoms with Crippen molar-refractivity contribution >= 4 is 15.8 Å². The van der Waals surface area contributed by atoms with Crippen LogP contribution in [0.1, 0.15) is 0 Å². The van der Waals surface area contributed by atoms with Crippen molar-refractivity contribution in [3.8, 4) is 0 Å². The fourth-order valence-corrected chi connectivity index (χ4v) is 0.279. The van der Waals surface area contributed by atoms with Crippen molar-refractivity contribution in [2.75, 3.05) is 0 Å². The molecule has 0 bridgehead atoms. The highest BCUT2D eigenvalue weighted by atomic mass is 31.2. The van der Waals surface area contributed by atoms with Gasteiger partial charge in [-0.25, -0.2) is 9.13 Å². The van der Waals surface area contributed by atoms with E-state index in [1.54, 1.807) is 19.6 Å². The van der Waals surface area contributed by atoms with Crippen LogP contribution in [0.5, 0.6) is 0 Å². The van der Waals surface area contributed by atoms with Crippen molar-refractivity contribution < 1.29 is 25.9 Å². The van der Waals surface area contributed by atoms with Crippen LogP contribution in [-0.4, -0.2) is 0 Å². The largest absolute Gasteiger partial charge is 0.493 e. The first-order chi connectivity index (χ1) is 6.12. The van der Waals surface area contributed by atoms with Crippen LogP contribution in [-0.2, 0) is 9.13 Å². The fraction of sp³-hybridized carbons (Fsp3) is 0. The van der Waals surface area contributed by atoms with E-state index in [9.17, 15) is 16.8 Å². The molecular weight excluding hydrogens is 254 g/mol. The molecule has 0 N–H and O–H groups in total. The van der Waals surface area contributed by atoms with Gasteiger partial charge in [0.15, 0.2) is 0 Å². The van der Waals surface area contributed by atoms with Crippen LogP contribution in [0.2, 0.25) is 0 Å². The maximum atomic E-state index is 10.9. The molecule has 0 aromatic rings. The Bertz CT molecular complexity index is 318. The first-order valence-electron chi connectivity index (χ1n) is 2.24. The zero-order valence-corrected chi connectivity index (χ0v) is 7.69. The van der Waals surface area contributed by atoms with E-state index in [0.29, 0.717) is 0 Å². The molecule has 0 atom stereocenters. The Morgan fingerprint density at radius 3 is 1.07 bits per heavy atom. The van der Waals surface area contributed by atoms with Gasteiger partial charge in [0.05, 0.1) is 0 Å². The first kappa shape index (κ1) is 15.3. The van der Waals surface area contributed by atoms with Crippen LogP contribution in [0, 0.1) is 0 Å². The van der Waals surface area contributed by atoms with Gasteiger partial charge in [0.25, 0.3) is 0 Å².